The molecule has 1 heterocycles. The monoisotopic (exact) mass is 243 g/mol. The molecule has 90 valence electrons. The molecule has 16 heavy (non-hydrogen) atoms. The molecule has 0 saturated carbocycles. The molecule has 0 radical (unpaired) electrons. The molecule has 0 aliphatic carbocycles. The fourth-order valence-corrected chi connectivity index (χ4v) is 2.22. The van der Waals surface area contributed by atoms with Crippen LogP contribution in [0.2, 0.25) is 0 Å². The van der Waals surface area contributed by atoms with Gasteiger partial charge in [0.15, 0.2) is 0 Å². The first-order chi connectivity index (χ1) is 7.65. The second kappa shape index (κ2) is 6.50. The summed E-state index contributed by atoms with van der Waals surface area (Å²) in [6.07, 6.45) is -0.229. The molecule has 0 spiro atoms. The zero-order chi connectivity index (χ0) is 12.0. The molecule has 1 amide bonds. The number of hydrogen-bond donors (Lipinski definition) is 2. The fraction of sp³-hybridized carbons (Fsp3) is 0.545. The average molecular weight is 243 g/mol. The highest BCUT2D eigenvalue weighted by atomic mass is 32.1. The number of rotatable bonds is 6. The molecule has 1 aromatic heterocycles. The van der Waals surface area contributed by atoms with E-state index >= 15 is 0 Å². The van der Waals surface area contributed by atoms with E-state index in [0.29, 0.717) is 19.5 Å². The van der Waals surface area contributed by atoms with Crippen LogP contribution in [0, 0.1) is 0 Å². The first-order valence-corrected chi connectivity index (χ1v) is 6.22. The van der Waals surface area contributed by atoms with Gasteiger partial charge in [0.1, 0.15) is 0 Å². The van der Waals surface area contributed by atoms with Gasteiger partial charge in [-0.15, -0.1) is 11.3 Å². The number of aliphatic hydroxyl groups is 1. The van der Waals surface area contributed by atoms with Gasteiger partial charge in [0.05, 0.1) is 6.10 Å². The molecule has 2 N–H and O–H groups in total. The van der Waals surface area contributed by atoms with Gasteiger partial charge in [-0.1, -0.05) is 13.0 Å². The first-order valence-electron chi connectivity index (χ1n) is 5.34. The Kier molecular flexibility index (Phi) is 5.28. The maximum atomic E-state index is 10.8. The Balaban J connectivity index is 2.40. The quantitative estimate of drug-likeness (QED) is 0.807. The van der Waals surface area contributed by atoms with Crippen LogP contribution in [0.5, 0.6) is 0 Å². The number of carboxylic acid groups (broad SMARTS) is 1. The highest BCUT2D eigenvalue weighted by Gasteiger charge is 2.14. The lowest BCUT2D eigenvalue weighted by Crippen LogP contribution is -2.31. The lowest BCUT2D eigenvalue weighted by atomic mass is 10.2. The molecule has 0 bridgehead atoms. The maximum Gasteiger partial charge on any atom is 0.407 e. The van der Waals surface area contributed by atoms with Crippen molar-refractivity contribution in [2.24, 2.45) is 0 Å². The van der Waals surface area contributed by atoms with Crippen molar-refractivity contribution in [3.8, 4) is 0 Å². The summed E-state index contributed by atoms with van der Waals surface area (Å²) < 4.78 is 0. The number of carbonyl (C=O) groups is 1. The van der Waals surface area contributed by atoms with Gasteiger partial charge in [-0.05, 0) is 24.3 Å². The number of thiophene rings is 1. The van der Waals surface area contributed by atoms with Crippen molar-refractivity contribution in [3.63, 3.8) is 0 Å². The van der Waals surface area contributed by atoms with Crippen molar-refractivity contribution in [1.82, 2.24) is 4.90 Å². The molecule has 1 atom stereocenters. The lowest BCUT2D eigenvalue weighted by molar-refractivity contribution is 0.122. The summed E-state index contributed by atoms with van der Waals surface area (Å²) in [5, 5.41) is 20.6. The summed E-state index contributed by atoms with van der Waals surface area (Å²) in [5.41, 5.74) is 0. The molecule has 0 unspecified atom stereocenters. The van der Waals surface area contributed by atoms with Crippen molar-refractivity contribution in [3.05, 3.63) is 22.4 Å². The summed E-state index contributed by atoms with van der Waals surface area (Å²) in [7, 11) is 0. The topological polar surface area (TPSA) is 60.8 Å². The van der Waals surface area contributed by atoms with Crippen LogP contribution in [0.25, 0.3) is 0 Å². The van der Waals surface area contributed by atoms with Crippen molar-refractivity contribution < 1.29 is 15.0 Å². The number of nitrogens with zero attached hydrogens (tertiary/aromatic N) is 1. The Morgan fingerprint density at radius 2 is 2.31 bits per heavy atom. The number of aliphatic hydroxyl groups excluding tert-OH is 1. The van der Waals surface area contributed by atoms with Gasteiger partial charge < -0.3 is 15.1 Å². The molecule has 4 nitrogen and oxygen atoms in total. The van der Waals surface area contributed by atoms with E-state index in [2.05, 4.69) is 0 Å². The van der Waals surface area contributed by atoms with Gasteiger partial charge in [0.2, 0.25) is 0 Å². The Bertz CT molecular complexity index is 313. The molecule has 0 saturated heterocycles. The fourth-order valence-electron chi connectivity index (χ4n) is 1.47. The third-order valence-electron chi connectivity index (χ3n) is 2.31. The third-order valence-corrected chi connectivity index (χ3v) is 3.28. The predicted octanol–water partition coefficient (Wildman–Crippen LogP) is 2.56. The lowest BCUT2D eigenvalue weighted by Gasteiger charge is -2.19. The highest BCUT2D eigenvalue weighted by molar-refractivity contribution is 7.10. The smallest absolute Gasteiger partial charge is 0.407 e. The predicted molar refractivity (Wildman–Crippen MR) is 63.8 cm³/mol. The van der Waals surface area contributed by atoms with E-state index in [1.807, 2.05) is 24.4 Å². The number of hydrogen-bond acceptors (Lipinski definition) is 3. The van der Waals surface area contributed by atoms with E-state index < -0.39 is 12.2 Å². The minimum absolute atomic E-state index is 0.377. The first kappa shape index (κ1) is 13.0. The Hall–Kier alpha value is -1.07. The van der Waals surface area contributed by atoms with Gasteiger partial charge in [-0.25, -0.2) is 4.79 Å². The summed E-state index contributed by atoms with van der Waals surface area (Å²) in [4.78, 5) is 13.1. The van der Waals surface area contributed by atoms with Gasteiger partial charge in [0.25, 0.3) is 0 Å². The minimum Gasteiger partial charge on any atom is -0.465 e. The molecule has 1 aromatic rings. The van der Waals surface area contributed by atoms with Crippen LogP contribution in [0.15, 0.2) is 17.5 Å². The molecule has 0 fully saturated rings. The normalized spacial score (nSPS) is 12.4. The van der Waals surface area contributed by atoms with Crippen molar-refractivity contribution in [1.29, 1.82) is 0 Å². The molecule has 1 rings (SSSR count). The van der Waals surface area contributed by atoms with E-state index in [1.165, 1.54) is 16.2 Å². The average Bonchev–Trinajstić information content (AvgIpc) is 2.76. The second-order valence-electron chi connectivity index (χ2n) is 3.59. The molecule has 0 aliphatic rings. The van der Waals surface area contributed by atoms with E-state index in [9.17, 15) is 9.90 Å². The Labute approximate surface area is 99.1 Å². The van der Waals surface area contributed by atoms with Crippen molar-refractivity contribution >= 4 is 17.4 Å². The van der Waals surface area contributed by atoms with Crippen LogP contribution in [0.1, 0.15) is 30.7 Å². The van der Waals surface area contributed by atoms with Crippen LogP contribution in [0.4, 0.5) is 4.79 Å². The Morgan fingerprint density at radius 3 is 2.81 bits per heavy atom. The van der Waals surface area contributed by atoms with E-state index in [0.717, 1.165) is 11.3 Å². The highest BCUT2D eigenvalue weighted by Crippen LogP contribution is 2.21. The molecule has 5 heteroatoms. The molecular formula is C11H17NO3S. The standard InChI is InChI=1S/C11H17NO3S/c1-2-6-12(11(14)15)7-5-9(13)10-4-3-8-16-10/h3-4,8-9,13H,2,5-7H2,1H3,(H,14,15)/t9-/m0/s1. The Morgan fingerprint density at radius 1 is 1.56 bits per heavy atom. The molecule has 0 aromatic carbocycles. The summed E-state index contributed by atoms with van der Waals surface area (Å²) >= 11 is 1.49. The molecule has 0 aliphatic heterocycles. The van der Waals surface area contributed by atoms with Crippen molar-refractivity contribution in [2.75, 3.05) is 13.1 Å². The van der Waals surface area contributed by atoms with Gasteiger partial charge in [-0.2, -0.15) is 0 Å². The number of amides is 1. The van der Waals surface area contributed by atoms with E-state index in [4.69, 9.17) is 5.11 Å². The maximum absolute atomic E-state index is 10.8. The van der Waals surface area contributed by atoms with Crippen LogP contribution in [0.3, 0.4) is 0 Å². The van der Waals surface area contributed by atoms with Crippen LogP contribution >= 0.6 is 11.3 Å². The zero-order valence-electron chi connectivity index (χ0n) is 9.30. The van der Waals surface area contributed by atoms with Gasteiger partial charge in [-0.3, -0.25) is 0 Å². The van der Waals surface area contributed by atoms with Crippen LogP contribution in [-0.4, -0.2) is 34.3 Å². The minimum atomic E-state index is -0.916. The van der Waals surface area contributed by atoms with Crippen LogP contribution < -0.4 is 0 Å². The summed E-state index contributed by atoms with van der Waals surface area (Å²) in [6.45, 7) is 2.83. The molecular weight excluding hydrogens is 226 g/mol. The second-order valence-corrected chi connectivity index (χ2v) is 4.57. The largest absolute Gasteiger partial charge is 0.465 e. The van der Waals surface area contributed by atoms with Crippen molar-refractivity contribution in [2.45, 2.75) is 25.9 Å². The van der Waals surface area contributed by atoms with Gasteiger partial charge >= 0.3 is 6.09 Å². The van der Waals surface area contributed by atoms with Gasteiger partial charge in [0, 0.05) is 18.0 Å². The van der Waals surface area contributed by atoms with Crippen LogP contribution in [-0.2, 0) is 0 Å². The third kappa shape index (κ3) is 3.83. The summed E-state index contributed by atoms with van der Waals surface area (Å²) in [6, 6.07) is 3.74. The zero-order valence-corrected chi connectivity index (χ0v) is 10.1. The van der Waals surface area contributed by atoms with E-state index in [1.54, 1.807) is 0 Å². The van der Waals surface area contributed by atoms with E-state index in [-0.39, 0.29) is 0 Å². The SMILES string of the molecule is CCCN(CC[C@H](O)c1cccs1)C(=O)O. The summed E-state index contributed by atoms with van der Waals surface area (Å²) in [5.74, 6) is 0.